The van der Waals surface area contributed by atoms with Crippen molar-refractivity contribution in [2.45, 2.75) is 54.4 Å². The van der Waals surface area contributed by atoms with Crippen molar-refractivity contribution in [3.05, 3.63) is 82.0 Å². The summed E-state index contributed by atoms with van der Waals surface area (Å²) in [5.41, 5.74) is 5.18. The van der Waals surface area contributed by atoms with E-state index in [9.17, 15) is 19.2 Å². The van der Waals surface area contributed by atoms with Gasteiger partial charge in [0.25, 0.3) is 0 Å². The number of hydrogen-bond donors (Lipinski definition) is 0. The van der Waals surface area contributed by atoms with Gasteiger partial charge in [-0.05, 0) is 98.2 Å². The molecule has 0 radical (unpaired) electrons. The summed E-state index contributed by atoms with van der Waals surface area (Å²) in [5.74, 6) is -0.541. The summed E-state index contributed by atoms with van der Waals surface area (Å²) in [7, 11) is 0. The third-order valence-corrected chi connectivity index (χ3v) is 6.76. The molecular formula is C32H38O8. The number of esters is 2. The lowest BCUT2D eigenvalue weighted by atomic mass is 9.95. The smallest absolute Gasteiger partial charge is 0.344 e. The third-order valence-electron chi connectivity index (χ3n) is 6.76. The Morgan fingerprint density at radius 1 is 0.600 bits per heavy atom. The molecule has 2 aromatic carbocycles. The van der Waals surface area contributed by atoms with Crippen molar-refractivity contribution in [2.24, 2.45) is 0 Å². The molecule has 2 rings (SSSR count). The fraction of sp³-hybridized carbons (Fsp3) is 0.375. The van der Waals surface area contributed by atoms with E-state index >= 15 is 0 Å². The van der Waals surface area contributed by atoms with Gasteiger partial charge in [-0.2, -0.15) is 0 Å². The summed E-state index contributed by atoms with van der Waals surface area (Å²) in [4.78, 5) is 49.0. The van der Waals surface area contributed by atoms with Crippen LogP contribution in [0.15, 0.2) is 48.6 Å². The first-order chi connectivity index (χ1) is 18.9. The van der Waals surface area contributed by atoms with E-state index in [4.69, 9.17) is 18.9 Å². The van der Waals surface area contributed by atoms with Gasteiger partial charge < -0.3 is 18.9 Å². The van der Waals surface area contributed by atoms with Crippen LogP contribution >= 0.6 is 0 Å². The van der Waals surface area contributed by atoms with Gasteiger partial charge in [0.2, 0.25) is 0 Å². The molecule has 0 heterocycles. The van der Waals surface area contributed by atoms with E-state index in [1.54, 1.807) is 24.3 Å². The summed E-state index contributed by atoms with van der Waals surface area (Å²) >= 11 is 0. The Morgan fingerprint density at radius 2 is 0.950 bits per heavy atom. The van der Waals surface area contributed by atoms with E-state index in [1.165, 1.54) is 0 Å². The second kappa shape index (κ2) is 14.8. The molecule has 40 heavy (non-hydrogen) atoms. The molecule has 2 aromatic rings. The van der Waals surface area contributed by atoms with Crippen molar-refractivity contribution in [3.8, 4) is 11.5 Å². The minimum Gasteiger partial charge on any atom is -0.482 e. The molecule has 0 saturated heterocycles. The Hall–Kier alpha value is -4.20. The minimum atomic E-state index is -0.629. The Kier molecular flexibility index (Phi) is 11.9. The molecule has 0 aliphatic carbocycles. The number of carbonyl (C=O) groups excluding carboxylic acids is 4. The topological polar surface area (TPSA) is 105 Å². The first-order valence-corrected chi connectivity index (χ1v) is 13.1. The van der Waals surface area contributed by atoms with Gasteiger partial charge in [-0.25, -0.2) is 9.59 Å². The molecule has 0 spiro atoms. The Morgan fingerprint density at radius 3 is 1.27 bits per heavy atom. The number of ketones is 2. The van der Waals surface area contributed by atoms with Crippen LogP contribution in [0.2, 0.25) is 0 Å². The minimum absolute atomic E-state index is 0.109. The van der Waals surface area contributed by atoms with Gasteiger partial charge in [0, 0.05) is 11.1 Å². The highest BCUT2D eigenvalue weighted by atomic mass is 16.6. The zero-order valence-electron chi connectivity index (χ0n) is 24.2. The highest BCUT2D eigenvalue weighted by molar-refractivity contribution is 6.10. The average Bonchev–Trinajstić information content (AvgIpc) is 2.95. The van der Waals surface area contributed by atoms with E-state index in [1.807, 2.05) is 41.5 Å². The summed E-state index contributed by atoms with van der Waals surface area (Å²) in [6.07, 6.45) is 1.13. The van der Waals surface area contributed by atoms with E-state index in [2.05, 4.69) is 13.2 Å². The summed E-state index contributed by atoms with van der Waals surface area (Å²) in [6, 6.07) is 6.61. The maximum Gasteiger partial charge on any atom is 0.344 e. The molecule has 0 aromatic heterocycles. The van der Waals surface area contributed by atoms with Crippen LogP contribution in [0.1, 0.15) is 69.7 Å². The molecule has 0 saturated carbocycles. The molecule has 8 heteroatoms. The van der Waals surface area contributed by atoms with E-state index in [-0.39, 0.29) is 38.0 Å². The fourth-order valence-electron chi connectivity index (χ4n) is 3.77. The monoisotopic (exact) mass is 550 g/mol. The van der Waals surface area contributed by atoms with Gasteiger partial charge in [-0.3, -0.25) is 9.59 Å². The number of Topliss-reactive ketones (excluding diaryl/α,β-unsaturated/α-hetero) is 2. The third kappa shape index (κ3) is 8.15. The van der Waals surface area contributed by atoms with Crippen LogP contribution < -0.4 is 9.47 Å². The number of ether oxygens (including phenoxy) is 4. The van der Waals surface area contributed by atoms with Gasteiger partial charge in [0.1, 0.15) is 24.7 Å². The van der Waals surface area contributed by atoms with Crippen molar-refractivity contribution in [3.63, 3.8) is 0 Å². The lowest BCUT2D eigenvalue weighted by Gasteiger charge is -2.15. The summed E-state index contributed by atoms with van der Waals surface area (Å²) < 4.78 is 21.3. The second-order valence-electron chi connectivity index (χ2n) is 9.31. The number of hydrogen-bond acceptors (Lipinski definition) is 8. The lowest BCUT2D eigenvalue weighted by molar-refractivity contribution is -0.154. The number of rotatable bonds is 15. The molecule has 0 fully saturated rings. The molecule has 8 nitrogen and oxygen atoms in total. The molecule has 0 unspecified atom stereocenters. The molecule has 0 amide bonds. The predicted molar refractivity (Wildman–Crippen MR) is 152 cm³/mol. The molecule has 0 N–H and O–H groups in total. The van der Waals surface area contributed by atoms with Crippen LogP contribution in [0.25, 0.3) is 0 Å². The Balaban J connectivity index is 1.77. The van der Waals surface area contributed by atoms with Crippen LogP contribution in [0.4, 0.5) is 0 Å². The lowest BCUT2D eigenvalue weighted by Crippen LogP contribution is -2.21. The van der Waals surface area contributed by atoms with Crippen molar-refractivity contribution < 1.29 is 38.1 Å². The number of allylic oxidation sites excluding steroid dienone is 2. The average molecular weight is 551 g/mol. The van der Waals surface area contributed by atoms with Crippen molar-refractivity contribution in [1.82, 2.24) is 0 Å². The quantitative estimate of drug-likeness (QED) is 0.119. The van der Waals surface area contributed by atoms with Crippen molar-refractivity contribution >= 4 is 23.5 Å². The van der Waals surface area contributed by atoms with Crippen molar-refractivity contribution in [1.29, 1.82) is 0 Å². The highest BCUT2D eigenvalue weighted by Crippen LogP contribution is 2.27. The fourth-order valence-corrected chi connectivity index (χ4v) is 3.77. The van der Waals surface area contributed by atoms with E-state index in [0.29, 0.717) is 46.6 Å². The zero-order chi connectivity index (χ0) is 30.0. The largest absolute Gasteiger partial charge is 0.482 e. The van der Waals surface area contributed by atoms with Gasteiger partial charge in [-0.1, -0.05) is 27.0 Å². The number of benzene rings is 2. The maximum atomic E-state index is 12.5. The second-order valence-corrected chi connectivity index (χ2v) is 9.31. The molecular weight excluding hydrogens is 512 g/mol. The van der Waals surface area contributed by atoms with E-state index in [0.717, 1.165) is 22.3 Å². The first kappa shape index (κ1) is 32.0. The Bertz CT molecular complexity index is 1220. The summed E-state index contributed by atoms with van der Waals surface area (Å²) in [6.45, 7) is 17.6. The van der Waals surface area contributed by atoms with E-state index < -0.39 is 11.9 Å². The van der Waals surface area contributed by atoms with Crippen LogP contribution in [0.5, 0.6) is 11.5 Å². The summed E-state index contributed by atoms with van der Waals surface area (Å²) in [5, 5.41) is 0. The van der Waals surface area contributed by atoms with Crippen LogP contribution in [-0.2, 0) is 19.1 Å². The zero-order valence-corrected chi connectivity index (χ0v) is 24.2. The molecule has 0 aliphatic heterocycles. The maximum absolute atomic E-state index is 12.5. The molecule has 214 valence electrons. The van der Waals surface area contributed by atoms with Crippen LogP contribution in [0.3, 0.4) is 0 Å². The van der Waals surface area contributed by atoms with Gasteiger partial charge in [-0.15, -0.1) is 0 Å². The van der Waals surface area contributed by atoms with Gasteiger partial charge >= 0.3 is 11.9 Å². The standard InChI is InChI=1S/C32H38O8/c1-9-19(3)31(35)25-11-13-27(23(7)21(25)5)39-17-29(33)37-15-16-38-30(34)18-40-28-14-12-26(22(6)24(28)8)32(36)20(4)10-2/h11-14H,3-4,9-10,15-18H2,1-2,5-8H3. The van der Waals surface area contributed by atoms with Gasteiger partial charge in [0.15, 0.2) is 24.8 Å². The predicted octanol–water partition coefficient (Wildman–Crippen LogP) is 5.76. The first-order valence-electron chi connectivity index (χ1n) is 13.1. The molecule has 0 bridgehead atoms. The molecule has 0 atom stereocenters. The van der Waals surface area contributed by atoms with Crippen molar-refractivity contribution in [2.75, 3.05) is 26.4 Å². The molecule has 0 aliphatic rings. The number of carbonyl (C=O) groups is 4. The van der Waals surface area contributed by atoms with Crippen LogP contribution in [-0.4, -0.2) is 49.9 Å². The van der Waals surface area contributed by atoms with Gasteiger partial charge in [0.05, 0.1) is 0 Å². The normalized spacial score (nSPS) is 10.4. The highest BCUT2D eigenvalue weighted by Gasteiger charge is 2.18. The van der Waals surface area contributed by atoms with Crippen LogP contribution in [0, 0.1) is 27.7 Å². The SMILES string of the molecule is C=C(CC)C(=O)c1ccc(OCC(=O)OCCOC(=O)COc2ccc(C(=O)C(=C)CC)c(C)c2C)c(C)c1C. The Labute approximate surface area is 236 Å².